The molecular weight excluding hydrogens is 346 g/mol. The second-order valence-corrected chi connectivity index (χ2v) is 5.46. The molecule has 0 bridgehead atoms. The van der Waals surface area contributed by atoms with Crippen molar-refractivity contribution in [2.75, 3.05) is 30.4 Å². The van der Waals surface area contributed by atoms with E-state index < -0.39 is 5.91 Å². The van der Waals surface area contributed by atoms with Gasteiger partial charge in [0, 0.05) is 25.4 Å². The van der Waals surface area contributed by atoms with Gasteiger partial charge in [0.25, 0.3) is 5.91 Å². The van der Waals surface area contributed by atoms with Crippen molar-refractivity contribution < 1.29 is 18.7 Å². The highest BCUT2D eigenvalue weighted by Crippen LogP contribution is 2.26. The first-order valence-corrected chi connectivity index (χ1v) is 8.25. The van der Waals surface area contributed by atoms with Crippen molar-refractivity contribution in [3.8, 4) is 0 Å². The van der Waals surface area contributed by atoms with E-state index in [2.05, 4.69) is 16.0 Å². The summed E-state index contributed by atoms with van der Waals surface area (Å²) >= 11 is 6.15. The Morgan fingerprint density at radius 3 is 2.76 bits per heavy atom. The van der Waals surface area contributed by atoms with Crippen LogP contribution in [0.15, 0.2) is 41.0 Å². The van der Waals surface area contributed by atoms with Crippen LogP contribution in [-0.2, 0) is 4.74 Å². The van der Waals surface area contributed by atoms with Gasteiger partial charge in [-0.3, -0.25) is 4.79 Å². The van der Waals surface area contributed by atoms with E-state index in [1.807, 2.05) is 6.92 Å². The Morgan fingerprint density at radius 1 is 1.24 bits per heavy atom. The van der Waals surface area contributed by atoms with E-state index in [0.29, 0.717) is 36.2 Å². The highest BCUT2D eigenvalue weighted by atomic mass is 35.5. The fourth-order valence-electron chi connectivity index (χ4n) is 1.98. The molecule has 0 aliphatic heterocycles. The third-order valence-corrected chi connectivity index (χ3v) is 3.49. The predicted octanol–water partition coefficient (Wildman–Crippen LogP) is 3.73. The molecule has 1 aromatic carbocycles. The molecule has 0 unspecified atom stereocenters. The lowest BCUT2D eigenvalue weighted by atomic mass is 10.2. The van der Waals surface area contributed by atoms with Gasteiger partial charge in [-0.15, -0.1) is 0 Å². The summed E-state index contributed by atoms with van der Waals surface area (Å²) in [5.41, 5.74) is 0.939. The van der Waals surface area contributed by atoms with Crippen LogP contribution in [0.2, 0.25) is 5.02 Å². The fraction of sp³-hybridized carbons (Fsp3) is 0.294. The van der Waals surface area contributed by atoms with Gasteiger partial charge in [0.2, 0.25) is 0 Å². The SMILES string of the molecule is CCOCCCNC(=O)Nc1ccc(NC(=O)c2ccco2)c(Cl)c1. The van der Waals surface area contributed by atoms with Crippen molar-refractivity contribution >= 4 is 34.9 Å². The molecule has 0 spiro atoms. The van der Waals surface area contributed by atoms with Gasteiger partial charge in [0.15, 0.2) is 5.76 Å². The third-order valence-electron chi connectivity index (χ3n) is 3.18. The molecular formula is C17H20ClN3O4. The Hall–Kier alpha value is -2.51. The number of rotatable bonds is 8. The monoisotopic (exact) mass is 365 g/mol. The van der Waals surface area contributed by atoms with Gasteiger partial charge in [-0.1, -0.05) is 11.6 Å². The number of benzene rings is 1. The van der Waals surface area contributed by atoms with Crippen LogP contribution in [0.3, 0.4) is 0 Å². The first-order valence-electron chi connectivity index (χ1n) is 7.87. The van der Waals surface area contributed by atoms with Crippen molar-refractivity contribution in [3.63, 3.8) is 0 Å². The fourth-order valence-corrected chi connectivity index (χ4v) is 2.21. The molecule has 0 aliphatic rings. The number of nitrogens with one attached hydrogen (secondary N) is 3. The maximum Gasteiger partial charge on any atom is 0.319 e. The van der Waals surface area contributed by atoms with Crippen molar-refractivity contribution in [1.82, 2.24) is 5.32 Å². The van der Waals surface area contributed by atoms with E-state index >= 15 is 0 Å². The molecule has 0 aliphatic carbocycles. The van der Waals surface area contributed by atoms with Crippen LogP contribution in [0.25, 0.3) is 0 Å². The number of carbonyl (C=O) groups excluding carboxylic acids is 2. The number of anilines is 2. The van der Waals surface area contributed by atoms with Crippen LogP contribution < -0.4 is 16.0 Å². The summed E-state index contributed by atoms with van der Waals surface area (Å²) in [4.78, 5) is 23.7. The number of hydrogen-bond donors (Lipinski definition) is 3. The van der Waals surface area contributed by atoms with Crippen molar-refractivity contribution in [3.05, 3.63) is 47.4 Å². The van der Waals surface area contributed by atoms with Crippen LogP contribution in [0.5, 0.6) is 0 Å². The summed E-state index contributed by atoms with van der Waals surface area (Å²) in [6.45, 7) is 3.70. The largest absolute Gasteiger partial charge is 0.459 e. The van der Waals surface area contributed by atoms with Gasteiger partial charge >= 0.3 is 6.03 Å². The normalized spacial score (nSPS) is 10.3. The number of halogens is 1. The zero-order chi connectivity index (χ0) is 18.1. The molecule has 2 aromatic rings. The second-order valence-electron chi connectivity index (χ2n) is 5.06. The smallest absolute Gasteiger partial charge is 0.319 e. The second kappa shape index (κ2) is 9.71. The Bertz CT molecular complexity index is 704. The highest BCUT2D eigenvalue weighted by molar-refractivity contribution is 6.34. The average molecular weight is 366 g/mol. The summed E-state index contributed by atoms with van der Waals surface area (Å²) in [6, 6.07) is 7.64. The molecule has 3 N–H and O–H groups in total. The van der Waals surface area contributed by atoms with Crippen molar-refractivity contribution in [2.45, 2.75) is 13.3 Å². The van der Waals surface area contributed by atoms with Gasteiger partial charge in [0.05, 0.1) is 17.0 Å². The minimum absolute atomic E-state index is 0.185. The zero-order valence-electron chi connectivity index (χ0n) is 13.8. The lowest BCUT2D eigenvalue weighted by molar-refractivity contribution is 0.0996. The number of urea groups is 1. The zero-order valence-corrected chi connectivity index (χ0v) is 14.6. The van der Waals surface area contributed by atoms with Crippen LogP contribution in [0.1, 0.15) is 23.9 Å². The lowest BCUT2D eigenvalue weighted by Crippen LogP contribution is -2.30. The molecule has 0 saturated carbocycles. The molecule has 0 radical (unpaired) electrons. The Morgan fingerprint density at radius 2 is 2.08 bits per heavy atom. The van der Waals surface area contributed by atoms with Gasteiger partial charge in [-0.25, -0.2) is 4.79 Å². The van der Waals surface area contributed by atoms with E-state index in [1.165, 1.54) is 6.26 Å². The third kappa shape index (κ3) is 6.13. The predicted molar refractivity (Wildman–Crippen MR) is 96.2 cm³/mol. The van der Waals surface area contributed by atoms with Crippen molar-refractivity contribution in [2.24, 2.45) is 0 Å². The Kier molecular flexibility index (Phi) is 7.31. The molecule has 1 heterocycles. The quantitative estimate of drug-likeness (QED) is 0.621. The van der Waals surface area contributed by atoms with Gasteiger partial charge in [0.1, 0.15) is 0 Å². The molecule has 3 amide bonds. The van der Waals surface area contributed by atoms with Crippen LogP contribution in [-0.4, -0.2) is 31.7 Å². The molecule has 25 heavy (non-hydrogen) atoms. The van der Waals surface area contributed by atoms with Crippen molar-refractivity contribution in [1.29, 1.82) is 0 Å². The summed E-state index contributed by atoms with van der Waals surface area (Å²) in [6.07, 6.45) is 2.15. The Balaban J connectivity index is 1.84. The van der Waals surface area contributed by atoms with Gasteiger partial charge in [-0.05, 0) is 43.7 Å². The number of hydrogen-bond acceptors (Lipinski definition) is 4. The average Bonchev–Trinajstić information content (AvgIpc) is 3.12. The molecule has 134 valence electrons. The first-order chi connectivity index (χ1) is 12.1. The molecule has 1 aromatic heterocycles. The summed E-state index contributed by atoms with van der Waals surface area (Å²) in [5, 5.41) is 8.33. The van der Waals surface area contributed by atoms with E-state index in [1.54, 1.807) is 30.3 Å². The Labute approximate surface area is 150 Å². The summed E-state index contributed by atoms with van der Waals surface area (Å²) in [7, 11) is 0. The molecule has 0 fully saturated rings. The summed E-state index contributed by atoms with van der Waals surface area (Å²) < 4.78 is 10.2. The number of amides is 3. The molecule has 7 nitrogen and oxygen atoms in total. The van der Waals surface area contributed by atoms with E-state index in [4.69, 9.17) is 20.8 Å². The standard InChI is InChI=1S/C17H20ClN3O4/c1-2-24-9-4-8-19-17(23)20-12-6-7-14(13(18)11-12)21-16(22)15-5-3-10-25-15/h3,5-7,10-11H,2,4,8-9H2,1H3,(H,21,22)(H2,19,20,23). The molecule has 2 rings (SSSR count). The van der Waals surface area contributed by atoms with E-state index in [9.17, 15) is 9.59 Å². The van der Waals surface area contributed by atoms with Gasteiger partial charge < -0.3 is 25.1 Å². The lowest BCUT2D eigenvalue weighted by Gasteiger charge is -2.10. The van der Waals surface area contributed by atoms with Gasteiger partial charge in [-0.2, -0.15) is 0 Å². The van der Waals surface area contributed by atoms with Crippen LogP contribution in [0, 0.1) is 0 Å². The number of furan rings is 1. The maximum absolute atomic E-state index is 11.9. The summed E-state index contributed by atoms with van der Waals surface area (Å²) in [5.74, 6) is -0.218. The van der Waals surface area contributed by atoms with E-state index in [0.717, 1.165) is 6.42 Å². The molecule has 0 atom stereocenters. The minimum Gasteiger partial charge on any atom is -0.459 e. The van der Waals surface area contributed by atoms with Crippen LogP contribution in [0.4, 0.5) is 16.2 Å². The number of carbonyl (C=O) groups is 2. The van der Waals surface area contributed by atoms with E-state index in [-0.39, 0.29) is 11.8 Å². The molecule has 0 saturated heterocycles. The topological polar surface area (TPSA) is 92.6 Å². The minimum atomic E-state index is -0.403. The number of ether oxygens (including phenoxy) is 1. The van der Waals surface area contributed by atoms with Crippen LogP contribution >= 0.6 is 11.6 Å². The maximum atomic E-state index is 11.9. The molecule has 8 heteroatoms. The highest BCUT2D eigenvalue weighted by Gasteiger charge is 2.11. The first kappa shape index (κ1) is 18.8.